The lowest BCUT2D eigenvalue weighted by molar-refractivity contribution is -0.122. The Labute approximate surface area is 151 Å². The van der Waals surface area contributed by atoms with E-state index in [1.54, 1.807) is 0 Å². The van der Waals surface area contributed by atoms with E-state index in [2.05, 4.69) is 48.5 Å². The highest BCUT2D eigenvalue weighted by Crippen LogP contribution is 2.50. The van der Waals surface area contributed by atoms with Crippen LogP contribution in [-0.4, -0.2) is 17.7 Å². The van der Waals surface area contributed by atoms with Gasteiger partial charge in [-0.05, 0) is 31.1 Å². The molecule has 0 aromatic heterocycles. The predicted molar refractivity (Wildman–Crippen MR) is 99.0 cm³/mol. The minimum atomic E-state index is -0.0917. The van der Waals surface area contributed by atoms with Gasteiger partial charge < -0.3 is 4.74 Å². The van der Waals surface area contributed by atoms with Crippen LogP contribution in [0.1, 0.15) is 74.1 Å². The summed E-state index contributed by atoms with van der Waals surface area (Å²) in [6.45, 7) is 14.8. The van der Waals surface area contributed by atoms with E-state index >= 15 is 0 Å². The summed E-state index contributed by atoms with van der Waals surface area (Å²) in [5.74, 6) is 1.29. The number of hydrogen-bond acceptors (Lipinski definition) is 3. The van der Waals surface area contributed by atoms with Crippen LogP contribution in [-0.2, 0) is 14.3 Å². The topological polar surface area (TPSA) is 43.4 Å². The van der Waals surface area contributed by atoms with Gasteiger partial charge >= 0.3 is 0 Å². The molecular weight excluding hydrogens is 312 g/mol. The molecule has 0 spiro atoms. The van der Waals surface area contributed by atoms with Crippen molar-refractivity contribution in [3.8, 4) is 0 Å². The molecule has 138 valence electrons. The molecule has 3 atom stereocenters. The van der Waals surface area contributed by atoms with Crippen LogP contribution in [0.3, 0.4) is 0 Å². The van der Waals surface area contributed by atoms with Gasteiger partial charge in [-0.25, -0.2) is 0 Å². The normalized spacial score (nSPS) is 34.8. The summed E-state index contributed by atoms with van der Waals surface area (Å²) in [4.78, 5) is 26.1. The zero-order chi connectivity index (χ0) is 18.7. The van der Waals surface area contributed by atoms with Crippen LogP contribution in [0, 0.1) is 22.7 Å². The highest BCUT2D eigenvalue weighted by atomic mass is 16.5. The van der Waals surface area contributed by atoms with Gasteiger partial charge in [0.05, 0.1) is 6.10 Å². The molecule has 3 rings (SSSR count). The van der Waals surface area contributed by atoms with Crippen LogP contribution in [0.5, 0.6) is 0 Å². The average Bonchev–Trinajstić information content (AvgIpc) is 2.39. The average molecular weight is 344 g/mol. The summed E-state index contributed by atoms with van der Waals surface area (Å²) >= 11 is 0. The maximum absolute atomic E-state index is 13.0. The number of allylic oxidation sites excluding steroid dienone is 4. The van der Waals surface area contributed by atoms with Crippen molar-refractivity contribution in [3.05, 3.63) is 22.5 Å². The molecule has 0 N–H and O–H groups in total. The highest BCUT2D eigenvalue weighted by Gasteiger charge is 2.48. The lowest BCUT2D eigenvalue weighted by Crippen LogP contribution is -2.43. The fourth-order valence-corrected chi connectivity index (χ4v) is 5.08. The third-order valence-corrected chi connectivity index (χ3v) is 6.24. The number of hydrogen-bond donors (Lipinski definition) is 0. The quantitative estimate of drug-likeness (QED) is 0.672. The highest BCUT2D eigenvalue weighted by molar-refractivity contribution is 6.04. The minimum absolute atomic E-state index is 0.0143. The molecule has 3 unspecified atom stereocenters. The number of carbonyl (C=O) groups excluding carboxylic acids is 2. The van der Waals surface area contributed by atoms with Gasteiger partial charge in [-0.3, -0.25) is 9.59 Å². The summed E-state index contributed by atoms with van der Waals surface area (Å²) in [5.41, 5.74) is 2.81. The van der Waals surface area contributed by atoms with E-state index in [0.717, 1.165) is 35.3 Å². The van der Waals surface area contributed by atoms with Gasteiger partial charge in [0, 0.05) is 42.2 Å². The second-order valence-corrected chi connectivity index (χ2v) is 10.1. The molecule has 1 aliphatic heterocycles. The zero-order valence-corrected chi connectivity index (χ0v) is 16.8. The molecule has 3 aliphatic rings. The standard InChI is InChI=1S/C22H32O3/c1-12-8-21(4,5)9-15(23)18(12)19-13(2)14(3)25-17-11-22(6,7)10-16(24)20(17)19/h13-14,19H,8-11H2,1-7H3. The van der Waals surface area contributed by atoms with Gasteiger partial charge in [-0.2, -0.15) is 0 Å². The van der Waals surface area contributed by atoms with Gasteiger partial charge in [0.2, 0.25) is 0 Å². The van der Waals surface area contributed by atoms with Crippen molar-refractivity contribution in [1.82, 2.24) is 0 Å². The molecule has 0 saturated heterocycles. The maximum atomic E-state index is 13.0. The SMILES string of the molecule is CC1=C(C2C3=C(CC(C)(C)CC3=O)OC(C)C2C)C(=O)CC(C)(C)C1. The van der Waals surface area contributed by atoms with E-state index < -0.39 is 0 Å². The fourth-order valence-electron chi connectivity index (χ4n) is 5.08. The van der Waals surface area contributed by atoms with Gasteiger partial charge in [-0.15, -0.1) is 0 Å². The Balaban J connectivity index is 2.13. The smallest absolute Gasteiger partial charge is 0.163 e. The fraction of sp³-hybridized carbons (Fsp3) is 0.727. The molecule has 3 heteroatoms. The van der Waals surface area contributed by atoms with E-state index in [0.29, 0.717) is 12.8 Å². The summed E-state index contributed by atoms with van der Waals surface area (Å²) in [7, 11) is 0. The van der Waals surface area contributed by atoms with Crippen LogP contribution >= 0.6 is 0 Å². The summed E-state index contributed by atoms with van der Waals surface area (Å²) in [6, 6.07) is 0. The van der Waals surface area contributed by atoms with Crippen LogP contribution in [0.2, 0.25) is 0 Å². The first-order valence-corrected chi connectivity index (χ1v) is 9.58. The van der Waals surface area contributed by atoms with Gasteiger partial charge in [0.1, 0.15) is 5.76 Å². The van der Waals surface area contributed by atoms with Gasteiger partial charge in [-0.1, -0.05) is 40.2 Å². The number of carbonyl (C=O) groups is 2. The molecule has 0 radical (unpaired) electrons. The molecule has 0 saturated carbocycles. The third-order valence-electron chi connectivity index (χ3n) is 6.24. The Morgan fingerprint density at radius 1 is 0.840 bits per heavy atom. The first-order chi connectivity index (χ1) is 11.4. The molecule has 0 amide bonds. The van der Waals surface area contributed by atoms with Crippen LogP contribution < -0.4 is 0 Å². The number of ether oxygens (including phenoxy) is 1. The Morgan fingerprint density at radius 2 is 1.36 bits per heavy atom. The molecule has 0 aromatic rings. The van der Waals surface area contributed by atoms with E-state index in [-0.39, 0.29) is 40.3 Å². The van der Waals surface area contributed by atoms with E-state index in [1.165, 1.54) is 0 Å². The summed E-state index contributed by atoms with van der Waals surface area (Å²) in [5, 5.41) is 0. The first-order valence-electron chi connectivity index (χ1n) is 9.58. The van der Waals surface area contributed by atoms with E-state index in [9.17, 15) is 9.59 Å². The van der Waals surface area contributed by atoms with Crippen LogP contribution in [0.4, 0.5) is 0 Å². The predicted octanol–water partition coefficient (Wildman–Crippen LogP) is 5.01. The second kappa shape index (κ2) is 5.82. The number of rotatable bonds is 1. The minimum Gasteiger partial charge on any atom is -0.494 e. The third kappa shape index (κ3) is 3.22. The van der Waals surface area contributed by atoms with Crippen LogP contribution in [0.25, 0.3) is 0 Å². The van der Waals surface area contributed by atoms with Crippen molar-refractivity contribution in [2.24, 2.45) is 22.7 Å². The largest absolute Gasteiger partial charge is 0.494 e. The Bertz CT molecular complexity index is 690. The molecule has 0 fully saturated rings. The van der Waals surface area contributed by atoms with Crippen molar-refractivity contribution in [2.45, 2.75) is 80.3 Å². The molecule has 0 aromatic carbocycles. The molecule has 2 aliphatic carbocycles. The van der Waals surface area contributed by atoms with Crippen LogP contribution in [0.15, 0.2) is 22.5 Å². The number of ketones is 2. The van der Waals surface area contributed by atoms with Gasteiger partial charge in [0.25, 0.3) is 0 Å². The second-order valence-electron chi connectivity index (χ2n) is 10.1. The van der Waals surface area contributed by atoms with Crippen molar-refractivity contribution < 1.29 is 14.3 Å². The van der Waals surface area contributed by atoms with Crippen molar-refractivity contribution >= 4 is 11.6 Å². The zero-order valence-electron chi connectivity index (χ0n) is 16.8. The Morgan fingerprint density at radius 3 is 1.92 bits per heavy atom. The van der Waals surface area contributed by atoms with Crippen molar-refractivity contribution in [1.29, 1.82) is 0 Å². The molecule has 25 heavy (non-hydrogen) atoms. The maximum Gasteiger partial charge on any atom is 0.163 e. The Kier molecular flexibility index (Phi) is 4.29. The lowest BCUT2D eigenvalue weighted by atomic mass is 9.63. The summed E-state index contributed by atoms with van der Waals surface area (Å²) in [6.07, 6.45) is 2.84. The first kappa shape index (κ1) is 18.4. The molecule has 1 heterocycles. The molecular formula is C22H32O3. The molecule has 3 nitrogen and oxygen atoms in total. The number of Topliss-reactive ketones (excluding diaryl/α,β-unsaturated/α-hetero) is 2. The lowest BCUT2D eigenvalue weighted by Gasteiger charge is -2.45. The van der Waals surface area contributed by atoms with Crippen molar-refractivity contribution in [2.75, 3.05) is 0 Å². The summed E-state index contributed by atoms with van der Waals surface area (Å²) < 4.78 is 6.17. The van der Waals surface area contributed by atoms with Crippen molar-refractivity contribution in [3.63, 3.8) is 0 Å². The monoisotopic (exact) mass is 344 g/mol. The molecule has 0 bridgehead atoms. The van der Waals surface area contributed by atoms with E-state index in [4.69, 9.17) is 4.74 Å². The van der Waals surface area contributed by atoms with E-state index in [1.807, 2.05) is 0 Å². The Hall–Kier alpha value is -1.38. The van der Waals surface area contributed by atoms with Gasteiger partial charge in [0.15, 0.2) is 11.6 Å².